The third-order valence-electron chi connectivity index (χ3n) is 2.90. The SMILES string of the molecule is CC(C#N)c1ccc(C(=O)c2ccccc2)cc1. The van der Waals surface area contributed by atoms with Crippen LogP contribution in [0.15, 0.2) is 54.6 Å². The van der Waals surface area contributed by atoms with E-state index in [1.165, 1.54) is 0 Å². The first-order valence-electron chi connectivity index (χ1n) is 5.81. The standard InChI is InChI=1S/C16H13NO/c1-12(11-17)13-7-9-15(10-8-13)16(18)14-5-3-2-4-6-14/h2-10,12H,1H3. The summed E-state index contributed by atoms with van der Waals surface area (Å²) in [6.45, 7) is 1.84. The van der Waals surface area contributed by atoms with Gasteiger partial charge in [0.25, 0.3) is 0 Å². The van der Waals surface area contributed by atoms with Crippen LogP contribution in [0, 0.1) is 11.3 Å². The van der Waals surface area contributed by atoms with Gasteiger partial charge in [-0.25, -0.2) is 0 Å². The number of hydrogen-bond acceptors (Lipinski definition) is 2. The Bertz CT molecular complexity index is 579. The number of carbonyl (C=O) groups excluding carboxylic acids is 1. The molecule has 0 bridgehead atoms. The molecule has 0 amide bonds. The summed E-state index contributed by atoms with van der Waals surface area (Å²) >= 11 is 0. The molecule has 2 nitrogen and oxygen atoms in total. The zero-order chi connectivity index (χ0) is 13.0. The van der Waals surface area contributed by atoms with E-state index in [1.807, 2.05) is 37.3 Å². The van der Waals surface area contributed by atoms with Gasteiger partial charge in [0.15, 0.2) is 5.78 Å². The van der Waals surface area contributed by atoms with Gasteiger partial charge in [0.1, 0.15) is 0 Å². The molecule has 0 aromatic heterocycles. The molecule has 2 aromatic carbocycles. The molecular formula is C16H13NO. The zero-order valence-electron chi connectivity index (χ0n) is 10.1. The minimum atomic E-state index is -0.147. The number of nitrogens with zero attached hydrogens (tertiary/aromatic N) is 1. The predicted molar refractivity (Wildman–Crippen MR) is 70.3 cm³/mol. The minimum Gasteiger partial charge on any atom is -0.289 e. The monoisotopic (exact) mass is 235 g/mol. The molecule has 2 rings (SSSR count). The summed E-state index contributed by atoms with van der Waals surface area (Å²) < 4.78 is 0. The number of nitriles is 1. The quantitative estimate of drug-likeness (QED) is 0.763. The third-order valence-corrected chi connectivity index (χ3v) is 2.90. The van der Waals surface area contributed by atoms with Gasteiger partial charge in [0.05, 0.1) is 12.0 Å². The molecule has 1 unspecified atom stereocenters. The molecule has 0 spiro atoms. The van der Waals surface area contributed by atoms with E-state index in [2.05, 4.69) is 6.07 Å². The Hall–Kier alpha value is -2.40. The minimum absolute atomic E-state index is 0.00626. The average molecular weight is 235 g/mol. The summed E-state index contributed by atoms with van der Waals surface area (Å²) in [6.07, 6.45) is 0. The number of hydrogen-bond donors (Lipinski definition) is 0. The van der Waals surface area contributed by atoms with Crippen LogP contribution < -0.4 is 0 Å². The van der Waals surface area contributed by atoms with Gasteiger partial charge in [-0.2, -0.15) is 5.26 Å². The Balaban J connectivity index is 2.26. The molecule has 1 atom stereocenters. The summed E-state index contributed by atoms with van der Waals surface area (Å²) in [7, 11) is 0. The van der Waals surface area contributed by atoms with Crippen molar-refractivity contribution in [3.05, 3.63) is 71.3 Å². The van der Waals surface area contributed by atoms with Crippen molar-refractivity contribution < 1.29 is 4.79 Å². The Morgan fingerprint density at radius 2 is 1.56 bits per heavy atom. The summed E-state index contributed by atoms with van der Waals surface area (Å²) in [5.41, 5.74) is 2.26. The molecule has 18 heavy (non-hydrogen) atoms. The van der Waals surface area contributed by atoms with Gasteiger partial charge in [-0.05, 0) is 12.5 Å². The van der Waals surface area contributed by atoms with Gasteiger partial charge in [-0.3, -0.25) is 4.79 Å². The van der Waals surface area contributed by atoms with Crippen LogP contribution >= 0.6 is 0 Å². The highest BCUT2D eigenvalue weighted by Crippen LogP contribution is 2.16. The smallest absolute Gasteiger partial charge is 0.193 e. The maximum absolute atomic E-state index is 12.1. The highest BCUT2D eigenvalue weighted by molar-refractivity contribution is 6.08. The van der Waals surface area contributed by atoms with Crippen molar-refractivity contribution in [3.63, 3.8) is 0 Å². The van der Waals surface area contributed by atoms with E-state index >= 15 is 0 Å². The van der Waals surface area contributed by atoms with E-state index < -0.39 is 0 Å². The molecule has 2 aromatic rings. The lowest BCUT2D eigenvalue weighted by Crippen LogP contribution is -2.01. The number of ketones is 1. The van der Waals surface area contributed by atoms with Crippen molar-refractivity contribution in [1.82, 2.24) is 0 Å². The van der Waals surface area contributed by atoms with Gasteiger partial charge in [-0.15, -0.1) is 0 Å². The molecule has 0 radical (unpaired) electrons. The van der Waals surface area contributed by atoms with Crippen LogP contribution in [0.1, 0.15) is 34.3 Å². The van der Waals surface area contributed by atoms with E-state index in [4.69, 9.17) is 5.26 Å². The lowest BCUT2D eigenvalue weighted by molar-refractivity contribution is 0.103. The van der Waals surface area contributed by atoms with Gasteiger partial charge < -0.3 is 0 Å². The second-order valence-corrected chi connectivity index (χ2v) is 4.17. The molecular weight excluding hydrogens is 222 g/mol. The first kappa shape index (κ1) is 12.1. The molecule has 0 saturated heterocycles. The average Bonchev–Trinajstić information content (AvgIpc) is 2.47. The first-order valence-corrected chi connectivity index (χ1v) is 5.81. The summed E-state index contributed by atoms with van der Waals surface area (Å²) in [4.78, 5) is 12.1. The lowest BCUT2D eigenvalue weighted by Gasteiger charge is -2.05. The fourth-order valence-corrected chi connectivity index (χ4v) is 1.75. The molecule has 0 heterocycles. The third kappa shape index (κ3) is 2.46. The van der Waals surface area contributed by atoms with E-state index in [-0.39, 0.29) is 11.7 Å². The van der Waals surface area contributed by atoms with Crippen molar-refractivity contribution in [2.24, 2.45) is 0 Å². The topological polar surface area (TPSA) is 40.9 Å². The van der Waals surface area contributed by atoms with Crippen molar-refractivity contribution in [3.8, 4) is 6.07 Å². The predicted octanol–water partition coefficient (Wildman–Crippen LogP) is 3.54. The summed E-state index contributed by atoms with van der Waals surface area (Å²) in [6, 6.07) is 18.6. The molecule has 0 aliphatic rings. The zero-order valence-corrected chi connectivity index (χ0v) is 10.1. The molecule has 0 fully saturated rings. The highest BCUT2D eigenvalue weighted by Gasteiger charge is 2.09. The normalized spacial score (nSPS) is 11.6. The van der Waals surface area contributed by atoms with Crippen LogP contribution in [-0.2, 0) is 0 Å². The van der Waals surface area contributed by atoms with Crippen molar-refractivity contribution in [1.29, 1.82) is 5.26 Å². The Morgan fingerprint density at radius 3 is 2.11 bits per heavy atom. The maximum Gasteiger partial charge on any atom is 0.193 e. The number of benzene rings is 2. The van der Waals surface area contributed by atoms with E-state index in [9.17, 15) is 4.79 Å². The van der Waals surface area contributed by atoms with Gasteiger partial charge in [-0.1, -0.05) is 54.6 Å². The van der Waals surface area contributed by atoms with Crippen LogP contribution in [0.3, 0.4) is 0 Å². The fraction of sp³-hybridized carbons (Fsp3) is 0.125. The second kappa shape index (κ2) is 5.29. The van der Waals surface area contributed by atoms with E-state index in [0.717, 1.165) is 5.56 Å². The van der Waals surface area contributed by atoms with Crippen LogP contribution in [0.2, 0.25) is 0 Å². The lowest BCUT2D eigenvalue weighted by atomic mass is 9.98. The van der Waals surface area contributed by atoms with Crippen LogP contribution in [-0.4, -0.2) is 5.78 Å². The molecule has 2 heteroatoms. The van der Waals surface area contributed by atoms with Crippen molar-refractivity contribution in [2.75, 3.05) is 0 Å². The van der Waals surface area contributed by atoms with Gasteiger partial charge in [0, 0.05) is 11.1 Å². The molecule has 0 saturated carbocycles. The second-order valence-electron chi connectivity index (χ2n) is 4.17. The van der Waals surface area contributed by atoms with Gasteiger partial charge >= 0.3 is 0 Å². The molecule has 0 N–H and O–H groups in total. The summed E-state index contributed by atoms with van der Waals surface area (Å²) in [5.74, 6) is -0.141. The van der Waals surface area contributed by atoms with Crippen LogP contribution in [0.5, 0.6) is 0 Å². The number of rotatable bonds is 3. The Kier molecular flexibility index (Phi) is 3.54. The fourth-order valence-electron chi connectivity index (χ4n) is 1.75. The van der Waals surface area contributed by atoms with Crippen molar-refractivity contribution >= 4 is 5.78 Å². The highest BCUT2D eigenvalue weighted by atomic mass is 16.1. The molecule has 88 valence electrons. The number of carbonyl (C=O) groups is 1. The molecule has 0 aliphatic heterocycles. The summed E-state index contributed by atoms with van der Waals surface area (Å²) in [5, 5.41) is 8.83. The van der Waals surface area contributed by atoms with Crippen LogP contribution in [0.4, 0.5) is 0 Å². The van der Waals surface area contributed by atoms with Crippen LogP contribution in [0.25, 0.3) is 0 Å². The van der Waals surface area contributed by atoms with Crippen molar-refractivity contribution in [2.45, 2.75) is 12.8 Å². The molecule has 0 aliphatic carbocycles. The van der Waals surface area contributed by atoms with E-state index in [0.29, 0.717) is 11.1 Å². The largest absolute Gasteiger partial charge is 0.289 e. The Morgan fingerprint density at radius 1 is 1.00 bits per heavy atom. The maximum atomic E-state index is 12.1. The van der Waals surface area contributed by atoms with E-state index in [1.54, 1.807) is 24.3 Å². The first-order chi connectivity index (χ1) is 8.72. The van der Waals surface area contributed by atoms with Gasteiger partial charge in [0.2, 0.25) is 0 Å². The Labute approximate surface area is 107 Å².